The molecule has 0 bridgehead atoms. The van der Waals surface area contributed by atoms with Crippen molar-refractivity contribution in [2.24, 2.45) is 0 Å². The number of anilines is 1. The summed E-state index contributed by atoms with van der Waals surface area (Å²) < 4.78 is 5.07. The second kappa shape index (κ2) is 8.23. The number of carbonyl (C=O) groups excluding carboxylic acids is 2. The fraction of sp³-hybridized carbons (Fsp3) is 0.333. The lowest BCUT2D eigenvalue weighted by molar-refractivity contribution is -0.152. The Hall–Kier alpha value is -2.96. The number of nitrogens with zero attached hydrogens (tertiary/aromatic N) is 3. The molecular weight excluding hydrogens is 320 g/mol. The van der Waals surface area contributed by atoms with E-state index in [9.17, 15) is 9.59 Å². The van der Waals surface area contributed by atoms with Crippen LogP contribution in [0.1, 0.15) is 17.5 Å². The summed E-state index contributed by atoms with van der Waals surface area (Å²) in [6, 6.07) is 9.80. The van der Waals surface area contributed by atoms with Crippen molar-refractivity contribution in [3.8, 4) is 0 Å². The predicted molar refractivity (Wildman–Crippen MR) is 91.7 cm³/mol. The van der Waals surface area contributed by atoms with Crippen LogP contribution >= 0.6 is 0 Å². The van der Waals surface area contributed by atoms with E-state index in [2.05, 4.69) is 21.4 Å². The van der Waals surface area contributed by atoms with Crippen LogP contribution in [-0.4, -0.2) is 46.4 Å². The minimum Gasteiger partial charge on any atom is -0.456 e. The van der Waals surface area contributed by atoms with Gasteiger partial charge in [0, 0.05) is 32.0 Å². The third-order valence-corrected chi connectivity index (χ3v) is 4.02. The highest BCUT2D eigenvalue weighted by molar-refractivity contribution is 5.81. The number of hydrogen-bond acceptors (Lipinski definition) is 6. The molecule has 130 valence electrons. The molecule has 0 spiro atoms. The highest BCUT2D eigenvalue weighted by Crippen LogP contribution is 2.18. The Balaban J connectivity index is 1.38. The number of benzene rings is 1. The summed E-state index contributed by atoms with van der Waals surface area (Å²) in [6.07, 6.45) is 4.21. The SMILES string of the molecule is O=C(CCNc1ncccn1)OCC(=O)N1CCc2ccccc2C1. The minimum absolute atomic E-state index is 0.147. The van der Waals surface area contributed by atoms with Gasteiger partial charge in [-0.3, -0.25) is 9.59 Å². The zero-order valence-corrected chi connectivity index (χ0v) is 13.9. The van der Waals surface area contributed by atoms with Gasteiger partial charge in [-0.15, -0.1) is 0 Å². The molecule has 0 atom stereocenters. The van der Waals surface area contributed by atoms with Gasteiger partial charge in [-0.1, -0.05) is 24.3 Å². The van der Waals surface area contributed by atoms with Gasteiger partial charge in [0.1, 0.15) is 0 Å². The Morgan fingerprint density at radius 2 is 1.88 bits per heavy atom. The summed E-state index contributed by atoms with van der Waals surface area (Å²) in [5.74, 6) is -0.130. The number of esters is 1. The highest BCUT2D eigenvalue weighted by Gasteiger charge is 2.21. The molecule has 0 radical (unpaired) electrons. The average Bonchev–Trinajstić information content (AvgIpc) is 2.66. The number of amides is 1. The van der Waals surface area contributed by atoms with E-state index in [4.69, 9.17) is 4.74 Å². The van der Waals surface area contributed by atoms with Crippen molar-refractivity contribution in [1.29, 1.82) is 0 Å². The Bertz CT molecular complexity index is 736. The van der Waals surface area contributed by atoms with E-state index in [1.54, 1.807) is 23.4 Å². The standard InChI is InChI=1S/C18H20N4O3/c23-16(22-11-7-14-4-1-2-5-15(14)12-22)13-25-17(24)6-10-21-18-19-8-3-9-20-18/h1-5,8-9H,6-7,10-13H2,(H,19,20,21). The first-order valence-corrected chi connectivity index (χ1v) is 8.23. The van der Waals surface area contributed by atoms with Crippen LogP contribution in [0.2, 0.25) is 0 Å². The lowest BCUT2D eigenvalue weighted by Gasteiger charge is -2.28. The second-order valence-corrected chi connectivity index (χ2v) is 5.74. The van der Waals surface area contributed by atoms with Gasteiger partial charge in [0.2, 0.25) is 5.95 Å². The smallest absolute Gasteiger partial charge is 0.308 e. The lowest BCUT2D eigenvalue weighted by Crippen LogP contribution is -2.38. The normalized spacial score (nSPS) is 13.0. The summed E-state index contributed by atoms with van der Waals surface area (Å²) in [7, 11) is 0. The van der Waals surface area contributed by atoms with Crippen LogP contribution in [0.25, 0.3) is 0 Å². The van der Waals surface area contributed by atoms with Crippen LogP contribution in [0.3, 0.4) is 0 Å². The van der Waals surface area contributed by atoms with Gasteiger partial charge >= 0.3 is 5.97 Å². The molecule has 1 aromatic heterocycles. The molecule has 2 heterocycles. The van der Waals surface area contributed by atoms with E-state index < -0.39 is 5.97 Å². The van der Waals surface area contributed by atoms with Crippen molar-refractivity contribution in [3.63, 3.8) is 0 Å². The van der Waals surface area contributed by atoms with Crippen molar-refractivity contribution in [2.45, 2.75) is 19.4 Å². The molecule has 0 unspecified atom stereocenters. The van der Waals surface area contributed by atoms with Crippen LogP contribution < -0.4 is 5.32 Å². The van der Waals surface area contributed by atoms with Crippen LogP contribution in [0, 0.1) is 0 Å². The Labute approximate surface area is 146 Å². The topological polar surface area (TPSA) is 84.4 Å². The average molecular weight is 340 g/mol. The number of carbonyl (C=O) groups is 2. The molecular formula is C18H20N4O3. The van der Waals surface area contributed by atoms with Crippen molar-refractivity contribution in [1.82, 2.24) is 14.9 Å². The third-order valence-electron chi connectivity index (χ3n) is 4.02. The largest absolute Gasteiger partial charge is 0.456 e. The first-order chi connectivity index (χ1) is 12.2. The number of hydrogen-bond donors (Lipinski definition) is 1. The summed E-state index contributed by atoms with van der Waals surface area (Å²) in [6.45, 7) is 1.36. The molecule has 25 heavy (non-hydrogen) atoms. The van der Waals surface area contributed by atoms with Crippen molar-refractivity contribution in [2.75, 3.05) is 25.0 Å². The molecule has 1 aliphatic heterocycles. The van der Waals surface area contributed by atoms with Gasteiger partial charge < -0.3 is 15.0 Å². The first kappa shape index (κ1) is 16.9. The zero-order chi connectivity index (χ0) is 17.5. The second-order valence-electron chi connectivity index (χ2n) is 5.74. The van der Waals surface area contributed by atoms with Gasteiger partial charge in [0.05, 0.1) is 6.42 Å². The van der Waals surface area contributed by atoms with Gasteiger partial charge in [-0.2, -0.15) is 0 Å². The summed E-state index contributed by atoms with van der Waals surface area (Å²) >= 11 is 0. The fourth-order valence-electron chi connectivity index (χ4n) is 2.68. The molecule has 2 aromatic rings. The number of nitrogens with one attached hydrogen (secondary N) is 1. The van der Waals surface area contributed by atoms with Crippen LogP contribution in [0.5, 0.6) is 0 Å². The van der Waals surface area contributed by atoms with E-state index in [0.717, 1.165) is 12.0 Å². The van der Waals surface area contributed by atoms with Crippen molar-refractivity contribution in [3.05, 3.63) is 53.9 Å². The van der Waals surface area contributed by atoms with Crippen LogP contribution in [0.4, 0.5) is 5.95 Å². The van der Waals surface area contributed by atoms with E-state index in [-0.39, 0.29) is 18.9 Å². The van der Waals surface area contributed by atoms with E-state index in [1.807, 2.05) is 18.2 Å². The number of fused-ring (bicyclic) bond motifs is 1. The fourth-order valence-corrected chi connectivity index (χ4v) is 2.68. The molecule has 1 N–H and O–H groups in total. The molecule has 0 fully saturated rings. The van der Waals surface area contributed by atoms with Gasteiger partial charge in [0.15, 0.2) is 6.61 Å². The van der Waals surface area contributed by atoms with Crippen molar-refractivity contribution >= 4 is 17.8 Å². The molecule has 3 rings (SSSR count). The van der Waals surface area contributed by atoms with E-state index >= 15 is 0 Å². The molecule has 0 aliphatic carbocycles. The number of rotatable bonds is 6. The van der Waals surface area contributed by atoms with Gasteiger partial charge in [-0.25, -0.2) is 9.97 Å². The summed E-state index contributed by atoms with van der Waals surface area (Å²) in [4.78, 5) is 33.7. The monoisotopic (exact) mass is 340 g/mol. The molecule has 0 saturated heterocycles. The minimum atomic E-state index is -0.422. The lowest BCUT2D eigenvalue weighted by atomic mass is 10.00. The molecule has 1 amide bonds. The molecule has 7 nitrogen and oxygen atoms in total. The summed E-state index contributed by atoms with van der Waals surface area (Å²) in [5, 5.41) is 2.92. The Morgan fingerprint density at radius 3 is 2.68 bits per heavy atom. The Kier molecular flexibility index (Phi) is 5.56. The maximum atomic E-state index is 12.2. The molecule has 1 aromatic carbocycles. The third kappa shape index (κ3) is 4.76. The van der Waals surface area contributed by atoms with Gasteiger partial charge in [0.25, 0.3) is 5.91 Å². The number of ether oxygens (including phenoxy) is 1. The molecule has 1 aliphatic rings. The quantitative estimate of drug-likeness (QED) is 0.801. The number of aromatic nitrogens is 2. The maximum Gasteiger partial charge on any atom is 0.308 e. The van der Waals surface area contributed by atoms with E-state index in [0.29, 0.717) is 25.6 Å². The van der Waals surface area contributed by atoms with Crippen LogP contribution in [0.15, 0.2) is 42.7 Å². The van der Waals surface area contributed by atoms with Gasteiger partial charge in [-0.05, 0) is 23.6 Å². The van der Waals surface area contributed by atoms with E-state index in [1.165, 1.54) is 5.56 Å². The molecule has 7 heteroatoms. The first-order valence-electron chi connectivity index (χ1n) is 8.23. The zero-order valence-electron chi connectivity index (χ0n) is 13.9. The summed E-state index contributed by atoms with van der Waals surface area (Å²) in [5.41, 5.74) is 2.43. The van der Waals surface area contributed by atoms with Crippen molar-refractivity contribution < 1.29 is 14.3 Å². The maximum absolute atomic E-state index is 12.2. The Morgan fingerprint density at radius 1 is 1.12 bits per heavy atom. The highest BCUT2D eigenvalue weighted by atomic mass is 16.5. The molecule has 0 saturated carbocycles. The predicted octanol–water partition coefficient (Wildman–Crippen LogP) is 1.41. The van der Waals surface area contributed by atoms with Crippen LogP contribution in [-0.2, 0) is 27.3 Å².